The summed E-state index contributed by atoms with van der Waals surface area (Å²) >= 11 is 7.73. The van der Waals surface area contributed by atoms with E-state index in [9.17, 15) is 9.59 Å². The highest BCUT2D eigenvalue weighted by Crippen LogP contribution is 2.33. The molecular formula is C21H20ClN3O2S. The molecule has 1 amide bonds. The van der Waals surface area contributed by atoms with Crippen LogP contribution in [0.5, 0.6) is 0 Å². The molecule has 4 rings (SSSR count). The lowest BCUT2D eigenvalue weighted by Gasteiger charge is -2.26. The Morgan fingerprint density at radius 2 is 1.82 bits per heavy atom. The summed E-state index contributed by atoms with van der Waals surface area (Å²) in [7, 11) is 0. The maximum atomic E-state index is 13.0. The van der Waals surface area contributed by atoms with Gasteiger partial charge in [0.2, 0.25) is 0 Å². The van der Waals surface area contributed by atoms with Crippen molar-refractivity contribution in [2.75, 3.05) is 18.4 Å². The Balaban J connectivity index is 1.64. The number of nitrogens with one attached hydrogen (secondary N) is 1. The highest BCUT2D eigenvalue weighted by Gasteiger charge is 2.22. The summed E-state index contributed by atoms with van der Waals surface area (Å²) in [6.07, 6.45) is 3.24. The molecule has 1 aliphatic heterocycles. The van der Waals surface area contributed by atoms with E-state index >= 15 is 0 Å². The Kier molecular flexibility index (Phi) is 5.33. The number of fused-ring (bicyclic) bond motifs is 1. The summed E-state index contributed by atoms with van der Waals surface area (Å²) in [4.78, 5) is 31.0. The van der Waals surface area contributed by atoms with Crippen molar-refractivity contribution in [1.82, 2.24) is 9.88 Å². The lowest BCUT2D eigenvalue weighted by atomic mass is 10.1. The second kappa shape index (κ2) is 7.89. The quantitative estimate of drug-likeness (QED) is 0.572. The van der Waals surface area contributed by atoms with E-state index in [0.29, 0.717) is 26.8 Å². The van der Waals surface area contributed by atoms with Crippen LogP contribution >= 0.6 is 22.9 Å². The monoisotopic (exact) mass is 413 g/mol. The zero-order valence-corrected chi connectivity index (χ0v) is 17.1. The number of anilines is 2. The molecule has 7 heteroatoms. The predicted molar refractivity (Wildman–Crippen MR) is 114 cm³/mol. The molecule has 0 unspecified atom stereocenters. The van der Waals surface area contributed by atoms with Crippen LogP contribution in [-0.4, -0.2) is 34.7 Å². The van der Waals surface area contributed by atoms with Gasteiger partial charge < -0.3 is 10.2 Å². The average molecular weight is 414 g/mol. The molecule has 1 N–H and O–H groups in total. The van der Waals surface area contributed by atoms with Crippen molar-refractivity contribution in [2.45, 2.75) is 26.2 Å². The van der Waals surface area contributed by atoms with Gasteiger partial charge in [-0.05, 0) is 62.6 Å². The van der Waals surface area contributed by atoms with Crippen LogP contribution in [0.25, 0.3) is 10.2 Å². The van der Waals surface area contributed by atoms with Crippen LogP contribution in [0.4, 0.5) is 10.8 Å². The number of benzene rings is 2. The molecule has 0 bridgehead atoms. The molecule has 2 aromatic carbocycles. The third kappa shape index (κ3) is 3.88. The molecule has 0 aliphatic carbocycles. The minimum Gasteiger partial charge on any atom is -0.339 e. The van der Waals surface area contributed by atoms with E-state index in [2.05, 4.69) is 10.3 Å². The van der Waals surface area contributed by atoms with Crippen LogP contribution < -0.4 is 5.32 Å². The molecule has 3 aromatic rings. The Hall–Kier alpha value is -2.44. The maximum Gasteiger partial charge on any atom is 0.256 e. The number of hydrogen-bond donors (Lipinski definition) is 1. The van der Waals surface area contributed by atoms with E-state index in [1.165, 1.54) is 17.8 Å². The molecule has 0 radical (unpaired) electrons. The van der Waals surface area contributed by atoms with Gasteiger partial charge in [0.15, 0.2) is 10.9 Å². The zero-order chi connectivity index (χ0) is 19.7. The second-order valence-corrected chi connectivity index (χ2v) is 8.40. The van der Waals surface area contributed by atoms with Crippen molar-refractivity contribution >= 4 is 55.7 Å². The van der Waals surface area contributed by atoms with Crippen molar-refractivity contribution in [3.05, 3.63) is 52.5 Å². The average Bonchev–Trinajstić information content (AvgIpc) is 3.10. The van der Waals surface area contributed by atoms with E-state index in [-0.39, 0.29) is 11.7 Å². The number of nitrogens with zero attached hydrogens (tertiary/aromatic N) is 2. The summed E-state index contributed by atoms with van der Waals surface area (Å²) < 4.78 is 0.871. The van der Waals surface area contributed by atoms with Gasteiger partial charge >= 0.3 is 0 Å². The topological polar surface area (TPSA) is 62.3 Å². The number of hydrogen-bond acceptors (Lipinski definition) is 5. The fourth-order valence-electron chi connectivity index (χ4n) is 3.39. The smallest absolute Gasteiger partial charge is 0.256 e. The second-order valence-electron chi connectivity index (χ2n) is 6.93. The van der Waals surface area contributed by atoms with Gasteiger partial charge in [-0.3, -0.25) is 9.59 Å². The molecule has 2 heterocycles. The summed E-state index contributed by atoms with van der Waals surface area (Å²) in [5, 5.41) is 4.47. The lowest BCUT2D eigenvalue weighted by molar-refractivity contribution is 0.0726. The molecule has 0 atom stereocenters. The number of ketones is 1. The Bertz CT molecular complexity index is 1040. The van der Waals surface area contributed by atoms with Crippen LogP contribution in [0, 0.1) is 0 Å². The van der Waals surface area contributed by atoms with Gasteiger partial charge in [0, 0.05) is 29.4 Å². The molecule has 28 heavy (non-hydrogen) atoms. The largest absolute Gasteiger partial charge is 0.339 e. The number of amides is 1. The van der Waals surface area contributed by atoms with Gasteiger partial charge in [0.1, 0.15) is 0 Å². The first-order chi connectivity index (χ1) is 13.5. The molecule has 1 fully saturated rings. The van der Waals surface area contributed by atoms with E-state index in [4.69, 9.17) is 11.6 Å². The third-order valence-corrected chi connectivity index (χ3v) is 6.01. The Labute approximate surface area is 172 Å². The molecule has 5 nitrogen and oxygen atoms in total. The van der Waals surface area contributed by atoms with Crippen LogP contribution in [0.2, 0.25) is 5.02 Å². The molecule has 1 saturated heterocycles. The van der Waals surface area contributed by atoms with Crippen molar-refractivity contribution in [3.63, 3.8) is 0 Å². The molecule has 144 valence electrons. The van der Waals surface area contributed by atoms with E-state index in [1.54, 1.807) is 25.1 Å². The first-order valence-electron chi connectivity index (χ1n) is 9.28. The Morgan fingerprint density at radius 3 is 2.50 bits per heavy atom. The summed E-state index contributed by atoms with van der Waals surface area (Å²) in [5.41, 5.74) is 2.73. The van der Waals surface area contributed by atoms with Crippen molar-refractivity contribution in [3.8, 4) is 0 Å². The van der Waals surface area contributed by atoms with Gasteiger partial charge in [-0.1, -0.05) is 22.9 Å². The molecule has 0 spiro atoms. The van der Waals surface area contributed by atoms with Crippen LogP contribution in [0.3, 0.4) is 0 Å². The fourth-order valence-corrected chi connectivity index (χ4v) is 4.63. The van der Waals surface area contributed by atoms with Gasteiger partial charge in [-0.2, -0.15) is 0 Å². The van der Waals surface area contributed by atoms with E-state index in [1.807, 2.05) is 23.1 Å². The highest BCUT2D eigenvalue weighted by atomic mass is 35.5. The van der Waals surface area contributed by atoms with Crippen LogP contribution in [0.15, 0.2) is 36.4 Å². The summed E-state index contributed by atoms with van der Waals surface area (Å²) in [6.45, 7) is 3.11. The summed E-state index contributed by atoms with van der Waals surface area (Å²) in [6, 6.07) is 10.8. The first kappa shape index (κ1) is 18.9. The number of likely N-dealkylation sites (tertiary alicyclic amines) is 1. The molecular weight excluding hydrogens is 394 g/mol. The minimum absolute atomic E-state index is 0.00476. The number of thiazole rings is 1. The molecule has 1 aromatic heterocycles. The lowest BCUT2D eigenvalue weighted by Crippen LogP contribution is -2.35. The molecule has 0 saturated carbocycles. The van der Waals surface area contributed by atoms with Gasteiger partial charge in [0.05, 0.1) is 15.8 Å². The van der Waals surface area contributed by atoms with Crippen LogP contribution in [0.1, 0.15) is 46.9 Å². The number of piperidine rings is 1. The number of halogens is 1. The van der Waals surface area contributed by atoms with Crippen LogP contribution in [-0.2, 0) is 0 Å². The Morgan fingerprint density at radius 1 is 1.11 bits per heavy atom. The number of carbonyl (C=O) groups excluding carboxylic acids is 2. The SMILES string of the molecule is CC(=O)c1ccc(Nc2nc3c(C(=O)N4CCCCC4)cc(Cl)cc3s2)cc1. The fraction of sp³-hybridized carbons (Fsp3) is 0.286. The first-order valence-corrected chi connectivity index (χ1v) is 10.5. The summed E-state index contributed by atoms with van der Waals surface area (Å²) in [5.74, 6) is 0.0249. The van der Waals surface area contributed by atoms with Gasteiger partial charge in [-0.25, -0.2) is 4.98 Å². The number of aromatic nitrogens is 1. The maximum absolute atomic E-state index is 13.0. The van der Waals surface area contributed by atoms with Crippen molar-refractivity contribution < 1.29 is 9.59 Å². The number of Topliss-reactive ketones (excluding diaryl/α,β-unsaturated/α-hetero) is 1. The number of rotatable bonds is 4. The van der Waals surface area contributed by atoms with Crippen molar-refractivity contribution in [1.29, 1.82) is 0 Å². The van der Waals surface area contributed by atoms with Gasteiger partial charge in [-0.15, -0.1) is 0 Å². The van der Waals surface area contributed by atoms with Gasteiger partial charge in [0.25, 0.3) is 5.91 Å². The molecule has 1 aliphatic rings. The minimum atomic E-state index is -0.00476. The standard InChI is InChI=1S/C21H20ClN3O2S/c1-13(26)14-5-7-16(8-6-14)23-21-24-19-17(11-15(22)12-18(19)28-21)20(27)25-9-3-2-4-10-25/h5-8,11-12H,2-4,9-10H2,1H3,(H,23,24). The van der Waals surface area contributed by atoms with E-state index in [0.717, 1.165) is 36.3 Å². The van der Waals surface area contributed by atoms with E-state index < -0.39 is 0 Å². The normalized spacial score (nSPS) is 14.3. The highest BCUT2D eigenvalue weighted by molar-refractivity contribution is 7.22. The predicted octanol–water partition coefficient (Wildman–Crippen LogP) is 5.52. The zero-order valence-electron chi connectivity index (χ0n) is 15.5. The van der Waals surface area contributed by atoms with Crippen molar-refractivity contribution in [2.24, 2.45) is 0 Å². The number of carbonyl (C=O) groups is 2. The third-order valence-electron chi connectivity index (χ3n) is 4.88.